The van der Waals surface area contributed by atoms with Crippen LogP contribution in [0.1, 0.15) is 34.3 Å². The van der Waals surface area contributed by atoms with Crippen molar-refractivity contribution in [1.82, 2.24) is 9.47 Å². The number of hydrogen-bond acceptors (Lipinski definition) is 4. The molecule has 0 bridgehead atoms. The van der Waals surface area contributed by atoms with E-state index in [1.54, 1.807) is 0 Å². The summed E-state index contributed by atoms with van der Waals surface area (Å²) >= 11 is 0. The minimum atomic E-state index is 0.0504. The van der Waals surface area contributed by atoms with E-state index in [-0.39, 0.29) is 5.91 Å². The summed E-state index contributed by atoms with van der Waals surface area (Å²) in [6.07, 6.45) is 0. The quantitative estimate of drug-likeness (QED) is 0.396. The third-order valence-corrected chi connectivity index (χ3v) is 6.43. The van der Waals surface area contributed by atoms with Crippen LogP contribution < -0.4 is 9.64 Å². The molecule has 34 heavy (non-hydrogen) atoms. The van der Waals surface area contributed by atoms with E-state index in [2.05, 4.69) is 46.7 Å². The zero-order chi connectivity index (χ0) is 23.7. The Morgan fingerprint density at radius 1 is 0.971 bits per heavy atom. The highest BCUT2D eigenvalue weighted by Crippen LogP contribution is 2.30. The SMILES string of the molecule is CCOc1ccccc1N1CCN(C(=O)c2cc3oc(C)cc3n2Cc2cccc(C)c2)CC1. The van der Waals surface area contributed by atoms with Gasteiger partial charge in [-0.05, 0) is 38.5 Å². The van der Waals surface area contributed by atoms with Crippen LogP contribution in [0.5, 0.6) is 5.75 Å². The molecule has 2 aromatic carbocycles. The van der Waals surface area contributed by atoms with Crippen LogP contribution in [0, 0.1) is 13.8 Å². The Balaban J connectivity index is 1.38. The average molecular weight is 458 g/mol. The summed E-state index contributed by atoms with van der Waals surface area (Å²) in [4.78, 5) is 17.9. The molecule has 3 heterocycles. The van der Waals surface area contributed by atoms with Gasteiger partial charge in [-0.25, -0.2) is 0 Å². The summed E-state index contributed by atoms with van der Waals surface area (Å²) in [6.45, 7) is 10.2. The lowest BCUT2D eigenvalue weighted by molar-refractivity contribution is 0.0736. The highest BCUT2D eigenvalue weighted by Gasteiger charge is 2.27. The maximum Gasteiger partial charge on any atom is 0.270 e. The molecule has 6 nitrogen and oxygen atoms in total. The number of hydrogen-bond donors (Lipinski definition) is 0. The second-order valence-corrected chi connectivity index (χ2v) is 8.89. The minimum absolute atomic E-state index is 0.0504. The zero-order valence-electron chi connectivity index (χ0n) is 20.1. The van der Waals surface area contributed by atoms with Crippen LogP contribution >= 0.6 is 0 Å². The number of amides is 1. The lowest BCUT2D eigenvalue weighted by atomic mass is 10.1. The van der Waals surface area contributed by atoms with Crippen LogP contribution in [0.25, 0.3) is 11.1 Å². The first-order valence-electron chi connectivity index (χ1n) is 11.9. The fraction of sp³-hybridized carbons (Fsp3) is 0.321. The molecule has 1 amide bonds. The number of benzene rings is 2. The van der Waals surface area contributed by atoms with Crippen molar-refractivity contribution in [3.8, 4) is 5.75 Å². The Kier molecular flexibility index (Phi) is 6.05. The number of para-hydroxylation sites is 2. The van der Waals surface area contributed by atoms with E-state index in [4.69, 9.17) is 9.15 Å². The van der Waals surface area contributed by atoms with Crippen molar-refractivity contribution in [3.63, 3.8) is 0 Å². The summed E-state index contributed by atoms with van der Waals surface area (Å²) in [6, 6.07) is 20.5. The van der Waals surface area contributed by atoms with Gasteiger partial charge in [0, 0.05) is 44.9 Å². The van der Waals surface area contributed by atoms with Crippen LogP contribution in [0.2, 0.25) is 0 Å². The van der Waals surface area contributed by atoms with E-state index in [1.165, 1.54) is 11.1 Å². The van der Waals surface area contributed by atoms with Crippen molar-refractivity contribution in [2.75, 3.05) is 37.7 Å². The standard InChI is InChI=1S/C28H31N3O3/c1-4-33-26-11-6-5-10-23(26)29-12-14-30(15-13-29)28(32)25-18-27-24(17-21(3)34-27)31(25)19-22-9-7-8-20(2)16-22/h5-11,16-18H,4,12-15,19H2,1-3H3. The van der Waals surface area contributed by atoms with E-state index in [1.807, 2.05) is 49.1 Å². The number of anilines is 1. The van der Waals surface area contributed by atoms with Crippen LogP contribution in [0.15, 0.2) is 65.1 Å². The van der Waals surface area contributed by atoms with E-state index in [0.29, 0.717) is 31.9 Å². The molecule has 1 saturated heterocycles. The smallest absolute Gasteiger partial charge is 0.270 e. The van der Waals surface area contributed by atoms with Gasteiger partial charge >= 0.3 is 0 Å². The third-order valence-electron chi connectivity index (χ3n) is 6.43. The third kappa shape index (κ3) is 4.28. The molecule has 5 rings (SSSR count). The molecule has 4 aromatic rings. The molecule has 1 fully saturated rings. The van der Waals surface area contributed by atoms with Crippen molar-refractivity contribution in [1.29, 1.82) is 0 Å². The molecule has 0 saturated carbocycles. The van der Waals surface area contributed by atoms with Crippen LogP contribution in [0.4, 0.5) is 5.69 Å². The van der Waals surface area contributed by atoms with Gasteiger partial charge in [-0.1, -0.05) is 42.0 Å². The molecule has 0 unspecified atom stereocenters. The van der Waals surface area contributed by atoms with Crippen molar-refractivity contribution >= 4 is 22.7 Å². The van der Waals surface area contributed by atoms with Crippen LogP contribution in [-0.4, -0.2) is 48.2 Å². The largest absolute Gasteiger partial charge is 0.492 e. The highest BCUT2D eigenvalue weighted by molar-refractivity contribution is 5.98. The molecule has 2 aromatic heterocycles. The first-order valence-corrected chi connectivity index (χ1v) is 11.9. The molecule has 1 aliphatic heterocycles. The summed E-state index contributed by atoms with van der Waals surface area (Å²) in [5, 5.41) is 0. The minimum Gasteiger partial charge on any atom is -0.492 e. The molecular weight excluding hydrogens is 426 g/mol. The summed E-state index contributed by atoms with van der Waals surface area (Å²) < 4.78 is 13.8. The maximum atomic E-state index is 13.7. The van der Waals surface area contributed by atoms with Gasteiger partial charge in [-0.15, -0.1) is 0 Å². The number of aryl methyl sites for hydroxylation is 2. The van der Waals surface area contributed by atoms with Crippen molar-refractivity contribution in [2.45, 2.75) is 27.3 Å². The second-order valence-electron chi connectivity index (χ2n) is 8.89. The lowest BCUT2D eigenvalue weighted by Gasteiger charge is -2.36. The summed E-state index contributed by atoms with van der Waals surface area (Å²) in [5.74, 6) is 1.80. The van der Waals surface area contributed by atoms with Gasteiger partial charge in [-0.2, -0.15) is 0 Å². The predicted octanol–water partition coefficient (Wildman–Crippen LogP) is 5.26. The number of rotatable bonds is 6. The second kappa shape index (κ2) is 9.29. The van der Waals surface area contributed by atoms with Gasteiger partial charge < -0.3 is 23.5 Å². The molecule has 0 atom stereocenters. The molecule has 0 aliphatic carbocycles. The Morgan fingerprint density at radius 2 is 1.76 bits per heavy atom. The van der Waals surface area contributed by atoms with Crippen LogP contribution in [0.3, 0.4) is 0 Å². The number of piperazine rings is 1. The fourth-order valence-corrected chi connectivity index (χ4v) is 4.81. The van der Waals surface area contributed by atoms with E-state index in [0.717, 1.165) is 41.4 Å². The van der Waals surface area contributed by atoms with Gasteiger partial charge in [0.2, 0.25) is 0 Å². The Hall–Kier alpha value is -3.67. The summed E-state index contributed by atoms with van der Waals surface area (Å²) in [5.41, 5.74) is 5.87. The Labute approximate surface area is 200 Å². The van der Waals surface area contributed by atoms with Gasteiger partial charge in [0.25, 0.3) is 5.91 Å². The topological polar surface area (TPSA) is 50.9 Å². The summed E-state index contributed by atoms with van der Waals surface area (Å²) in [7, 11) is 0. The molecule has 1 aliphatic rings. The van der Waals surface area contributed by atoms with Gasteiger partial charge in [-0.3, -0.25) is 4.79 Å². The number of ether oxygens (including phenoxy) is 1. The molecule has 6 heteroatoms. The maximum absolute atomic E-state index is 13.7. The number of furan rings is 1. The number of aromatic nitrogens is 1. The molecule has 176 valence electrons. The monoisotopic (exact) mass is 457 g/mol. The van der Waals surface area contributed by atoms with Crippen LogP contribution in [-0.2, 0) is 6.54 Å². The first-order chi connectivity index (χ1) is 16.5. The van der Waals surface area contributed by atoms with Crippen molar-refractivity contribution in [2.24, 2.45) is 0 Å². The number of nitrogens with zero attached hydrogens (tertiary/aromatic N) is 3. The van der Waals surface area contributed by atoms with E-state index in [9.17, 15) is 4.79 Å². The van der Waals surface area contributed by atoms with E-state index < -0.39 is 0 Å². The van der Waals surface area contributed by atoms with Gasteiger partial charge in [0.05, 0.1) is 17.8 Å². The highest BCUT2D eigenvalue weighted by atomic mass is 16.5. The number of carbonyl (C=O) groups is 1. The Bertz CT molecular complexity index is 1310. The van der Waals surface area contributed by atoms with Gasteiger partial charge in [0.1, 0.15) is 17.2 Å². The normalized spacial score (nSPS) is 14.1. The first kappa shape index (κ1) is 22.1. The van der Waals surface area contributed by atoms with Gasteiger partial charge in [0.15, 0.2) is 5.58 Å². The average Bonchev–Trinajstić information content (AvgIpc) is 3.36. The van der Waals surface area contributed by atoms with E-state index >= 15 is 0 Å². The predicted molar refractivity (Wildman–Crippen MR) is 135 cm³/mol. The molecule has 0 radical (unpaired) electrons. The Morgan fingerprint density at radius 3 is 2.53 bits per heavy atom. The molecule has 0 spiro atoms. The molecule has 0 N–H and O–H groups in total. The number of carbonyl (C=O) groups excluding carboxylic acids is 1. The van der Waals surface area contributed by atoms with Crippen molar-refractivity contribution in [3.05, 3.63) is 83.2 Å². The molecular formula is C28H31N3O3. The zero-order valence-corrected chi connectivity index (χ0v) is 20.1. The van der Waals surface area contributed by atoms with Crippen molar-refractivity contribution < 1.29 is 13.9 Å². The lowest BCUT2D eigenvalue weighted by Crippen LogP contribution is -2.49. The fourth-order valence-electron chi connectivity index (χ4n) is 4.81. The number of fused-ring (bicyclic) bond motifs is 1.